The number of hydrogen-bond donors (Lipinski definition) is 1. The van der Waals surface area contributed by atoms with E-state index < -0.39 is 8.07 Å². The fourth-order valence-corrected chi connectivity index (χ4v) is 3.27. The summed E-state index contributed by atoms with van der Waals surface area (Å²) in [5, 5.41) is 3.31. The van der Waals surface area contributed by atoms with Crippen molar-refractivity contribution in [3.8, 4) is 17.2 Å². The van der Waals surface area contributed by atoms with Crippen molar-refractivity contribution in [2.24, 2.45) is 5.41 Å². The van der Waals surface area contributed by atoms with Crippen molar-refractivity contribution in [1.82, 2.24) is 4.98 Å². The van der Waals surface area contributed by atoms with E-state index in [1.807, 2.05) is 18.2 Å². The zero-order valence-electron chi connectivity index (χ0n) is 18.9. The van der Waals surface area contributed by atoms with Gasteiger partial charge in [-0.15, -0.1) is 5.54 Å². The van der Waals surface area contributed by atoms with Crippen molar-refractivity contribution in [3.05, 3.63) is 53.7 Å². The molecule has 1 aromatic carbocycles. The van der Waals surface area contributed by atoms with Gasteiger partial charge in [0.25, 0.3) is 0 Å². The number of aromatic nitrogens is 1. The highest BCUT2D eigenvalue weighted by molar-refractivity contribution is 6.83. The van der Waals surface area contributed by atoms with Crippen LogP contribution in [0.25, 0.3) is 0 Å². The number of rotatable bonds is 9. The second kappa shape index (κ2) is 10.5. The third kappa shape index (κ3) is 8.74. The van der Waals surface area contributed by atoms with Crippen LogP contribution in [0.4, 0.5) is 5.82 Å². The van der Waals surface area contributed by atoms with Gasteiger partial charge in [-0.25, -0.2) is 4.98 Å². The molecule has 29 heavy (non-hydrogen) atoms. The number of pyridine rings is 1. The first-order valence-corrected chi connectivity index (χ1v) is 14.1. The summed E-state index contributed by atoms with van der Waals surface area (Å²) in [6.07, 6.45) is 4.89. The molecule has 0 unspecified atom stereocenters. The summed E-state index contributed by atoms with van der Waals surface area (Å²) in [6, 6.07) is 12.3. The fourth-order valence-electron chi connectivity index (χ4n) is 2.76. The molecule has 0 radical (unpaired) electrons. The molecule has 1 N–H and O–H groups in total. The van der Waals surface area contributed by atoms with Crippen LogP contribution < -0.4 is 10.1 Å². The van der Waals surface area contributed by atoms with Gasteiger partial charge in [0, 0.05) is 18.3 Å². The lowest BCUT2D eigenvalue weighted by atomic mass is 9.82. The minimum Gasteiger partial charge on any atom is -0.493 e. The molecule has 0 amide bonds. The quantitative estimate of drug-likeness (QED) is 0.306. The van der Waals surface area contributed by atoms with E-state index in [0.717, 1.165) is 42.9 Å². The molecule has 0 aliphatic heterocycles. The topological polar surface area (TPSA) is 34.1 Å². The fraction of sp³-hybridized carbons (Fsp3) is 0.480. The van der Waals surface area contributed by atoms with Crippen LogP contribution >= 0.6 is 0 Å². The number of hydrogen-bond acceptors (Lipinski definition) is 3. The van der Waals surface area contributed by atoms with E-state index in [9.17, 15) is 0 Å². The molecule has 2 rings (SSSR count). The second-order valence-electron chi connectivity index (χ2n) is 9.36. The molecule has 0 aliphatic rings. The van der Waals surface area contributed by atoms with Crippen LogP contribution in [0.1, 0.15) is 44.7 Å². The van der Waals surface area contributed by atoms with Gasteiger partial charge in [-0.2, -0.15) is 0 Å². The lowest BCUT2D eigenvalue weighted by molar-refractivity contribution is 0.314. The Hall–Kier alpha value is -2.25. The van der Waals surface area contributed by atoms with E-state index in [2.05, 4.69) is 80.4 Å². The molecule has 0 saturated carbocycles. The normalized spacial score (nSPS) is 11.5. The Bertz CT molecular complexity index is 829. The van der Waals surface area contributed by atoms with Crippen molar-refractivity contribution in [3.63, 3.8) is 0 Å². The predicted octanol–water partition coefficient (Wildman–Crippen LogP) is 6.17. The van der Waals surface area contributed by atoms with Gasteiger partial charge in [-0.1, -0.05) is 64.9 Å². The van der Waals surface area contributed by atoms with Crippen LogP contribution in [-0.4, -0.2) is 26.2 Å². The molecule has 2 aromatic rings. The van der Waals surface area contributed by atoms with E-state index in [0.29, 0.717) is 6.61 Å². The van der Waals surface area contributed by atoms with Gasteiger partial charge in [0.15, 0.2) is 0 Å². The number of nitrogens with zero attached hydrogens (tertiary/aromatic N) is 1. The first kappa shape index (κ1) is 23.0. The molecular weight excluding hydrogens is 372 g/mol. The minimum atomic E-state index is -1.43. The van der Waals surface area contributed by atoms with Crippen molar-refractivity contribution in [2.45, 2.75) is 59.7 Å². The van der Waals surface area contributed by atoms with Crippen molar-refractivity contribution in [2.75, 3.05) is 18.5 Å². The standard InChI is InChI=1S/C25H36N2OSi/c1-7-25(2,3)20-22-12-13-23(19-21(22)14-18-29(4,5)6)28-17-10-16-27-24-11-8-9-15-26-24/h8-9,11-13,15,19H,7,10,16-17,20H2,1-6H3,(H,26,27). The molecule has 0 spiro atoms. The highest BCUT2D eigenvalue weighted by atomic mass is 28.3. The lowest BCUT2D eigenvalue weighted by Crippen LogP contribution is -2.17. The molecule has 0 aliphatic carbocycles. The first-order valence-electron chi connectivity index (χ1n) is 10.6. The molecule has 4 heteroatoms. The Morgan fingerprint density at radius 1 is 1.14 bits per heavy atom. The number of anilines is 1. The number of nitrogens with one attached hydrogen (secondary N) is 1. The smallest absolute Gasteiger partial charge is 0.129 e. The van der Waals surface area contributed by atoms with Crippen LogP contribution in [0.2, 0.25) is 19.6 Å². The molecule has 1 heterocycles. The molecule has 1 aromatic heterocycles. The van der Waals surface area contributed by atoms with Crippen LogP contribution in [0, 0.1) is 16.9 Å². The van der Waals surface area contributed by atoms with Gasteiger partial charge in [0.2, 0.25) is 0 Å². The monoisotopic (exact) mass is 408 g/mol. The Morgan fingerprint density at radius 3 is 2.59 bits per heavy atom. The maximum atomic E-state index is 6.01. The largest absolute Gasteiger partial charge is 0.493 e. The highest BCUT2D eigenvalue weighted by Crippen LogP contribution is 2.28. The molecule has 0 bridgehead atoms. The zero-order valence-corrected chi connectivity index (χ0v) is 19.9. The second-order valence-corrected chi connectivity index (χ2v) is 14.1. The van der Waals surface area contributed by atoms with E-state index in [1.54, 1.807) is 6.20 Å². The Balaban J connectivity index is 2.01. The van der Waals surface area contributed by atoms with Crippen LogP contribution in [-0.2, 0) is 6.42 Å². The summed E-state index contributed by atoms with van der Waals surface area (Å²) in [7, 11) is -1.43. The number of benzene rings is 1. The van der Waals surface area contributed by atoms with Crippen LogP contribution in [0.3, 0.4) is 0 Å². The van der Waals surface area contributed by atoms with Crippen molar-refractivity contribution < 1.29 is 4.74 Å². The van der Waals surface area contributed by atoms with Crippen LogP contribution in [0.5, 0.6) is 5.75 Å². The lowest BCUT2D eigenvalue weighted by Gasteiger charge is -2.23. The summed E-state index contributed by atoms with van der Waals surface area (Å²) in [5.74, 6) is 5.28. The van der Waals surface area contributed by atoms with Gasteiger partial charge in [0.1, 0.15) is 19.6 Å². The molecule has 3 nitrogen and oxygen atoms in total. The maximum absolute atomic E-state index is 6.01. The van der Waals surface area contributed by atoms with Gasteiger partial charge >= 0.3 is 0 Å². The first-order chi connectivity index (χ1) is 13.7. The maximum Gasteiger partial charge on any atom is 0.129 e. The summed E-state index contributed by atoms with van der Waals surface area (Å²) in [5.41, 5.74) is 6.24. The van der Waals surface area contributed by atoms with E-state index >= 15 is 0 Å². The molecule has 0 fully saturated rings. The van der Waals surface area contributed by atoms with Gasteiger partial charge < -0.3 is 10.1 Å². The van der Waals surface area contributed by atoms with Crippen molar-refractivity contribution >= 4 is 13.9 Å². The molecular formula is C25H36N2OSi. The van der Waals surface area contributed by atoms with E-state index in [1.165, 1.54) is 5.56 Å². The van der Waals surface area contributed by atoms with Crippen LogP contribution in [0.15, 0.2) is 42.6 Å². The Kier molecular flexibility index (Phi) is 8.34. The molecule has 0 atom stereocenters. The van der Waals surface area contributed by atoms with Gasteiger partial charge in [0.05, 0.1) is 6.61 Å². The Labute approximate surface area is 178 Å². The zero-order chi connectivity index (χ0) is 21.3. The Morgan fingerprint density at radius 2 is 1.93 bits per heavy atom. The van der Waals surface area contributed by atoms with E-state index in [4.69, 9.17) is 4.74 Å². The predicted molar refractivity (Wildman–Crippen MR) is 127 cm³/mol. The minimum absolute atomic E-state index is 0.273. The summed E-state index contributed by atoms with van der Waals surface area (Å²) < 4.78 is 6.01. The molecule has 156 valence electrons. The summed E-state index contributed by atoms with van der Waals surface area (Å²) >= 11 is 0. The SMILES string of the molecule is CCC(C)(C)Cc1ccc(OCCCNc2ccccn2)cc1C#C[Si](C)(C)C. The third-order valence-electron chi connectivity index (χ3n) is 4.84. The average molecular weight is 409 g/mol. The highest BCUT2D eigenvalue weighted by Gasteiger charge is 2.18. The molecule has 0 saturated heterocycles. The summed E-state index contributed by atoms with van der Waals surface area (Å²) in [6.45, 7) is 15.2. The average Bonchev–Trinajstić information content (AvgIpc) is 2.67. The van der Waals surface area contributed by atoms with Gasteiger partial charge in [-0.05, 0) is 48.1 Å². The summed E-state index contributed by atoms with van der Waals surface area (Å²) in [4.78, 5) is 4.27. The van der Waals surface area contributed by atoms with E-state index in [-0.39, 0.29) is 5.41 Å². The number of ether oxygens (including phenoxy) is 1. The third-order valence-corrected chi connectivity index (χ3v) is 5.72. The van der Waals surface area contributed by atoms with Crippen molar-refractivity contribution in [1.29, 1.82) is 0 Å². The van der Waals surface area contributed by atoms with Gasteiger partial charge in [-0.3, -0.25) is 0 Å².